The highest BCUT2D eigenvalue weighted by atomic mass is 16.6. The molecule has 1 aromatic carbocycles. The number of aryl methyl sites for hydroxylation is 1. The van der Waals surface area contributed by atoms with Gasteiger partial charge in [-0.05, 0) is 58.2 Å². The lowest BCUT2D eigenvalue weighted by Gasteiger charge is -2.34. The van der Waals surface area contributed by atoms with Crippen LogP contribution < -0.4 is 15.9 Å². The van der Waals surface area contributed by atoms with Crippen LogP contribution in [0.3, 0.4) is 0 Å². The first-order chi connectivity index (χ1) is 19.5. The highest BCUT2D eigenvalue weighted by Crippen LogP contribution is 2.33. The van der Waals surface area contributed by atoms with Gasteiger partial charge in [-0.2, -0.15) is 0 Å². The minimum Gasteiger partial charge on any atom is -0.444 e. The van der Waals surface area contributed by atoms with Crippen molar-refractivity contribution in [2.75, 3.05) is 24.5 Å². The lowest BCUT2D eigenvalue weighted by Crippen LogP contribution is -2.44. The summed E-state index contributed by atoms with van der Waals surface area (Å²) in [7, 11) is 1.71. The van der Waals surface area contributed by atoms with E-state index in [-0.39, 0.29) is 30.0 Å². The Kier molecular flexibility index (Phi) is 6.62. The van der Waals surface area contributed by atoms with Crippen molar-refractivity contribution in [3.8, 4) is 0 Å². The zero-order valence-corrected chi connectivity index (χ0v) is 23.9. The molecule has 2 fully saturated rings. The Bertz CT molecular complexity index is 1590. The maximum absolute atomic E-state index is 13.1. The number of hydrogen-bond donors (Lipinski definition) is 1. The summed E-state index contributed by atoms with van der Waals surface area (Å²) in [6.45, 7) is 8.82. The van der Waals surface area contributed by atoms with E-state index < -0.39 is 17.6 Å². The molecule has 0 aliphatic carbocycles. The van der Waals surface area contributed by atoms with Crippen LogP contribution in [0.4, 0.5) is 10.5 Å². The fourth-order valence-corrected chi connectivity index (χ4v) is 6.14. The van der Waals surface area contributed by atoms with Crippen LogP contribution in [0.15, 0.2) is 23.0 Å². The maximum Gasteiger partial charge on any atom is 0.410 e. The average molecular weight is 565 g/mol. The molecule has 0 spiro atoms. The summed E-state index contributed by atoms with van der Waals surface area (Å²) in [6, 6.07) is 5.20. The van der Waals surface area contributed by atoms with Crippen molar-refractivity contribution in [1.29, 1.82) is 0 Å². The lowest BCUT2D eigenvalue weighted by atomic mass is 9.95. The molecule has 2 saturated heterocycles. The third-order valence-corrected chi connectivity index (χ3v) is 8.25. The van der Waals surface area contributed by atoms with E-state index in [9.17, 15) is 19.2 Å². The summed E-state index contributed by atoms with van der Waals surface area (Å²) < 4.78 is 10.8. The second-order valence-corrected chi connectivity index (χ2v) is 12.1. The van der Waals surface area contributed by atoms with Crippen LogP contribution in [-0.2, 0) is 34.5 Å². The molecule has 41 heavy (non-hydrogen) atoms. The number of ether oxygens (including phenoxy) is 1. The molecular formula is C28H36N8O5. The Balaban J connectivity index is 1.15. The van der Waals surface area contributed by atoms with Gasteiger partial charge in [0.15, 0.2) is 5.82 Å². The monoisotopic (exact) mass is 564 g/mol. The van der Waals surface area contributed by atoms with Gasteiger partial charge in [0.1, 0.15) is 17.5 Å². The van der Waals surface area contributed by atoms with E-state index >= 15 is 0 Å². The van der Waals surface area contributed by atoms with E-state index in [0.717, 1.165) is 48.8 Å². The topological polar surface area (TPSA) is 137 Å². The zero-order chi connectivity index (χ0) is 29.1. The molecule has 13 nitrogen and oxygen atoms in total. The number of carbonyl (C=O) groups excluding carboxylic acids is 3. The van der Waals surface area contributed by atoms with Gasteiger partial charge in [-0.25, -0.2) is 9.59 Å². The fourth-order valence-electron chi connectivity index (χ4n) is 6.14. The molecule has 0 bridgehead atoms. The van der Waals surface area contributed by atoms with Gasteiger partial charge in [0.05, 0.1) is 17.6 Å². The SMILES string of the molecule is Cn1c(=O)n(C2CCC(=O)NC2=O)c2ccc(N3CCC(c4nnc5n4CCN(C(=O)OC(C)(C)C)C5)CC3)cc21. The van der Waals surface area contributed by atoms with Gasteiger partial charge in [0.25, 0.3) is 0 Å². The number of nitrogens with zero attached hydrogens (tertiary/aromatic N) is 7. The van der Waals surface area contributed by atoms with Crippen molar-refractivity contribution in [1.82, 2.24) is 34.1 Å². The first-order valence-electron chi connectivity index (χ1n) is 14.2. The van der Waals surface area contributed by atoms with Crippen LogP contribution >= 0.6 is 0 Å². The summed E-state index contributed by atoms with van der Waals surface area (Å²) >= 11 is 0. The highest BCUT2D eigenvalue weighted by Gasteiger charge is 2.33. The van der Waals surface area contributed by atoms with E-state index in [1.54, 1.807) is 16.5 Å². The summed E-state index contributed by atoms with van der Waals surface area (Å²) in [5.41, 5.74) is 1.63. The standard InChI is InChI=1S/C28H36N8O5/c1-28(2,3)41-27(40)34-13-14-35-22(16-34)30-31-24(35)17-9-11-33(12-10-17)18-5-6-19-21(15-18)32(4)26(39)36(19)20-7-8-23(37)29-25(20)38/h5-6,15,17,20H,7-14,16H2,1-4H3,(H,29,37,38). The van der Waals surface area contributed by atoms with Crippen LogP contribution in [0, 0.1) is 0 Å². The fraction of sp³-hybridized carbons (Fsp3) is 0.571. The number of fused-ring (bicyclic) bond motifs is 2. The Hall–Kier alpha value is -4.16. The van der Waals surface area contributed by atoms with E-state index in [2.05, 4.69) is 25.0 Å². The number of anilines is 1. The molecule has 0 radical (unpaired) electrons. The number of carbonyl (C=O) groups is 3. The van der Waals surface area contributed by atoms with Crippen LogP contribution in [0.5, 0.6) is 0 Å². The minimum absolute atomic E-state index is 0.212. The number of nitrogens with one attached hydrogen (secondary N) is 1. The lowest BCUT2D eigenvalue weighted by molar-refractivity contribution is -0.135. The molecule has 1 N–H and O–H groups in total. The number of aromatic nitrogens is 5. The second kappa shape index (κ2) is 10.0. The Morgan fingerprint density at radius 1 is 1.00 bits per heavy atom. The Morgan fingerprint density at radius 2 is 1.76 bits per heavy atom. The van der Waals surface area contributed by atoms with Crippen LogP contribution in [0.1, 0.15) is 70.1 Å². The summed E-state index contributed by atoms with van der Waals surface area (Å²) in [6.07, 6.45) is 2.00. The molecule has 3 amide bonds. The number of imidazole rings is 1. The molecule has 2 aromatic heterocycles. The predicted molar refractivity (Wildman–Crippen MR) is 149 cm³/mol. The van der Waals surface area contributed by atoms with Crippen molar-refractivity contribution < 1.29 is 19.1 Å². The Labute approximate surface area is 237 Å². The molecule has 6 rings (SSSR count). The van der Waals surface area contributed by atoms with Crippen molar-refractivity contribution in [2.45, 2.75) is 77.1 Å². The quantitative estimate of drug-likeness (QED) is 0.478. The number of rotatable bonds is 3. The molecule has 5 heterocycles. The van der Waals surface area contributed by atoms with Crippen molar-refractivity contribution >= 4 is 34.6 Å². The number of benzene rings is 1. The molecule has 1 unspecified atom stereocenters. The van der Waals surface area contributed by atoms with E-state index in [1.165, 1.54) is 4.57 Å². The van der Waals surface area contributed by atoms with E-state index in [0.29, 0.717) is 31.6 Å². The van der Waals surface area contributed by atoms with E-state index in [1.807, 2.05) is 39.0 Å². The molecule has 3 aliphatic rings. The highest BCUT2D eigenvalue weighted by molar-refractivity contribution is 6.00. The van der Waals surface area contributed by atoms with Gasteiger partial charge in [0, 0.05) is 51.3 Å². The molecule has 0 saturated carbocycles. The van der Waals surface area contributed by atoms with Gasteiger partial charge < -0.3 is 14.2 Å². The molecule has 3 aromatic rings. The molecular weight excluding hydrogens is 528 g/mol. The summed E-state index contributed by atoms with van der Waals surface area (Å²) in [5, 5.41) is 11.3. The number of imide groups is 1. The third-order valence-electron chi connectivity index (χ3n) is 8.25. The van der Waals surface area contributed by atoms with Gasteiger partial charge in [-0.15, -0.1) is 10.2 Å². The average Bonchev–Trinajstić information content (AvgIpc) is 3.46. The molecule has 218 valence electrons. The first-order valence-corrected chi connectivity index (χ1v) is 14.2. The van der Waals surface area contributed by atoms with Crippen molar-refractivity contribution in [3.63, 3.8) is 0 Å². The predicted octanol–water partition coefficient (Wildman–Crippen LogP) is 2.04. The maximum atomic E-state index is 13.1. The number of piperidine rings is 2. The Morgan fingerprint density at radius 3 is 2.46 bits per heavy atom. The smallest absolute Gasteiger partial charge is 0.410 e. The van der Waals surface area contributed by atoms with Crippen LogP contribution in [-0.4, -0.2) is 71.9 Å². The van der Waals surface area contributed by atoms with Gasteiger partial charge in [-0.1, -0.05) is 0 Å². The van der Waals surface area contributed by atoms with Gasteiger partial charge >= 0.3 is 11.8 Å². The number of amides is 3. The second-order valence-electron chi connectivity index (χ2n) is 12.1. The largest absolute Gasteiger partial charge is 0.444 e. The van der Waals surface area contributed by atoms with Crippen molar-refractivity contribution in [3.05, 3.63) is 40.3 Å². The van der Waals surface area contributed by atoms with Crippen LogP contribution in [0.2, 0.25) is 0 Å². The van der Waals surface area contributed by atoms with Crippen molar-refractivity contribution in [2.24, 2.45) is 7.05 Å². The molecule has 13 heteroatoms. The van der Waals surface area contributed by atoms with Gasteiger partial charge in [0.2, 0.25) is 11.8 Å². The van der Waals surface area contributed by atoms with Gasteiger partial charge in [-0.3, -0.25) is 28.9 Å². The zero-order valence-electron chi connectivity index (χ0n) is 23.9. The minimum atomic E-state index is -0.698. The number of hydrogen-bond acceptors (Lipinski definition) is 8. The first kappa shape index (κ1) is 27.0. The normalized spacial score (nSPS) is 20.3. The molecule has 3 aliphatic heterocycles. The van der Waals surface area contributed by atoms with Crippen LogP contribution in [0.25, 0.3) is 11.0 Å². The summed E-state index contributed by atoms with van der Waals surface area (Å²) in [5.74, 6) is 1.28. The third kappa shape index (κ3) is 4.97. The molecule has 1 atom stereocenters. The van der Waals surface area contributed by atoms with E-state index in [4.69, 9.17) is 4.74 Å². The summed E-state index contributed by atoms with van der Waals surface area (Å²) in [4.78, 5) is 53.7.